The van der Waals surface area contributed by atoms with Gasteiger partial charge in [0.1, 0.15) is 0 Å². The first-order valence-electron chi connectivity index (χ1n) is 13.9. The molecule has 0 aliphatic rings. The van der Waals surface area contributed by atoms with E-state index in [1.54, 1.807) is 33.7 Å². The smallest absolute Gasteiger partial charge is 0.297 e. The van der Waals surface area contributed by atoms with Crippen molar-refractivity contribution in [3.63, 3.8) is 0 Å². The lowest BCUT2D eigenvalue weighted by Crippen LogP contribution is -2.42. The molecule has 0 atom stereocenters. The van der Waals surface area contributed by atoms with Crippen molar-refractivity contribution < 1.29 is 9.59 Å². The number of para-hydroxylation sites is 2. The van der Waals surface area contributed by atoms with Crippen molar-refractivity contribution in [3.8, 4) is 0 Å². The Hall–Kier alpha value is -5.36. The van der Waals surface area contributed by atoms with Crippen molar-refractivity contribution in [2.75, 3.05) is 33.7 Å². The van der Waals surface area contributed by atoms with Crippen LogP contribution >= 0.6 is 0 Å². The van der Waals surface area contributed by atoms with E-state index in [0.717, 1.165) is 22.5 Å². The molecular weight excluding hydrogens is 520 g/mol. The van der Waals surface area contributed by atoms with E-state index in [9.17, 15) is 9.59 Å². The molecule has 0 spiro atoms. The van der Waals surface area contributed by atoms with Crippen LogP contribution in [0.3, 0.4) is 0 Å². The van der Waals surface area contributed by atoms with Gasteiger partial charge in [-0.05, 0) is 53.6 Å². The van der Waals surface area contributed by atoms with Gasteiger partial charge in [0.2, 0.25) is 0 Å². The molecule has 42 heavy (non-hydrogen) atoms. The zero-order chi connectivity index (χ0) is 29.3. The van der Waals surface area contributed by atoms with Gasteiger partial charge in [0.05, 0.1) is 13.1 Å². The highest BCUT2D eigenvalue weighted by Gasteiger charge is 2.24. The Morgan fingerprint density at radius 2 is 0.738 bits per heavy atom. The summed E-state index contributed by atoms with van der Waals surface area (Å²) in [6.45, 7) is 0.856. The fourth-order valence-corrected chi connectivity index (χ4v) is 4.78. The maximum atomic E-state index is 13.9. The minimum atomic E-state index is -0.175. The van der Waals surface area contributed by atoms with E-state index in [1.165, 1.54) is 0 Å². The molecular formula is C36H34N4O2. The number of carbonyl (C=O) groups excluding carboxylic acids is 2. The number of anilines is 4. The first kappa shape index (κ1) is 28.2. The standard InChI is InChI=1S/C36H34N4O2/c1-37(35(41)39(31-20-11-5-12-21-31)27-29-16-7-3-8-17-29)33-24-15-25-34(26-33)38(2)36(42)40(32-22-13-6-14-23-32)28-30-18-9-4-10-19-30/h3-26H,27-28H2,1-2H3. The van der Waals surface area contributed by atoms with E-state index < -0.39 is 0 Å². The summed E-state index contributed by atoms with van der Waals surface area (Å²) < 4.78 is 0. The molecule has 0 N–H and O–H groups in total. The number of nitrogens with zero attached hydrogens (tertiary/aromatic N) is 4. The predicted molar refractivity (Wildman–Crippen MR) is 172 cm³/mol. The molecule has 5 aromatic carbocycles. The quantitative estimate of drug-likeness (QED) is 0.194. The summed E-state index contributed by atoms with van der Waals surface area (Å²) in [5, 5.41) is 0. The summed E-state index contributed by atoms with van der Waals surface area (Å²) in [5.74, 6) is 0. The largest absolute Gasteiger partial charge is 0.329 e. The molecule has 4 amide bonds. The van der Waals surface area contributed by atoms with Gasteiger partial charge in [0.15, 0.2) is 0 Å². The van der Waals surface area contributed by atoms with Crippen molar-refractivity contribution in [1.82, 2.24) is 0 Å². The van der Waals surface area contributed by atoms with Gasteiger partial charge in [0.25, 0.3) is 0 Å². The van der Waals surface area contributed by atoms with E-state index in [-0.39, 0.29) is 12.1 Å². The molecule has 5 aromatic rings. The summed E-state index contributed by atoms with van der Waals surface area (Å²) in [7, 11) is 3.52. The first-order valence-corrected chi connectivity index (χ1v) is 13.9. The minimum absolute atomic E-state index is 0.175. The fourth-order valence-electron chi connectivity index (χ4n) is 4.78. The van der Waals surface area contributed by atoms with Crippen LogP contribution in [0.2, 0.25) is 0 Å². The monoisotopic (exact) mass is 554 g/mol. The van der Waals surface area contributed by atoms with Crippen molar-refractivity contribution in [2.24, 2.45) is 0 Å². The molecule has 210 valence electrons. The van der Waals surface area contributed by atoms with Gasteiger partial charge in [-0.25, -0.2) is 9.59 Å². The Balaban J connectivity index is 1.40. The molecule has 0 saturated carbocycles. The van der Waals surface area contributed by atoms with Crippen LogP contribution in [0, 0.1) is 0 Å². The maximum absolute atomic E-state index is 13.9. The summed E-state index contributed by atoms with van der Waals surface area (Å²) >= 11 is 0. The predicted octanol–water partition coefficient (Wildman–Crippen LogP) is 8.21. The average molecular weight is 555 g/mol. The van der Waals surface area contributed by atoms with E-state index in [2.05, 4.69) is 0 Å². The molecule has 6 nitrogen and oxygen atoms in total. The maximum Gasteiger partial charge on any atom is 0.329 e. The number of hydrogen-bond acceptors (Lipinski definition) is 2. The number of rotatable bonds is 8. The Morgan fingerprint density at radius 3 is 1.10 bits per heavy atom. The van der Waals surface area contributed by atoms with Gasteiger partial charge in [0, 0.05) is 36.8 Å². The van der Waals surface area contributed by atoms with Crippen LogP contribution in [0.4, 0.5) is 32.3 Å². The van der Waals surface area contributed by atoms with Crippen LogP contribution in [0.15, 0.2) is 146 Å². The Morgan fingerprint density at radius 1 is 0.429 bits per heavy atom. The van der Waals surface area contributed by atoms with Crippen molar-refractivity contribution >= 4 is 34.8 Å². The molecule has 0 unspecified atom stereocenters. The average Bonchev–Trinajstić information content (AvgIpc) is 3.06. The SMILES string of the molecule is CN(C(=O)N(Cc1ccccc1)c1ccccc1)c1cccc(N(C)C(=O)N(Cc2ccccc2)c2ccccc2)c1. The van der Waals surface area contributed by atoms with Crippen LogP contribution in [0.5, 0.6) is 0 Å². The third-order valence-corrected chi connectivity index (χ3v) is 7.14. The molecule has 6 heteroatoms. The Bertz CT molecular complexity index is 1480. The summed E-state index contributed by atoms with van der Waals surface area (Å²) in [6, 6.07) is 46.3. The number of benzene rings is 5. The van der Waals surface area contributed by atoms with E-state index >= 15 is 0 Å². The van der Waals surface area contributed by atoms with E-state index in [1.807, 2.05) is 146 Å². The first-order chi connectivity index (χ1) is 20.5. The molecule has 0 aliphatic heterocycles. The second-order valence-electron chi connectivity index (χ2n) is 10.0. The van der Waals surface area contributed by atoms with Gasteiger partial charge in [-0.3, -0.25) is 19.6 Å². The van der Waals surface area contributed by atoms with Crippen LogP contribution in [-0.4, -0.2) is 26.2 Å². The lowest BCUT2D eigenvalue weighted by molar-refractivity contribution is 0.251. The minimum Gasteiger partial charge on any atom is -0.297 e. The summed E-state index contributed by atoms with van der Waals surface area (Å²) in [6.07, 6.45) is 0. The molecule has 0 saturated heterocycles. The Labute approximate surface area is 247 Å². The number of amides is 4. The van der Waals surface area contributed by atoms with Crippen molar-refractivity contribution in [2.45, 2.75) is 13.1 Å². The normalized spacial score (nSPS) is 10.5. The van der Waals surface area contributed by atoms with Gasteiger partial charge < -0.3 is 0 Å². The number of hydrogen-bond donors (Lipinski definition) is 0. The lowest BCUT2D eigenvalue weighted by atomic mass is 10.2. The third kappa shape index (κ3) is 6.67. The highest BCUT2D eigenvalue weighted by Crippen LogP contribution is 2.27. The Kier molecular flexibility index (Phi) is 8.94. The second kappa shape index (κ2) is 13.3. The van der Waals surface area contributed by atoms with E-state index in [0.29, 0.717) is 24.5 Å². The second-order valence-corrected chi connectivity index (χ2v) is 10.0. The van der Waals surface area contributed by atoms with Gasteiger partial charge in [-0.1, -0.05) is 103 Å². The molecule has 5 rings (SSSR count). The highest BCUT2D eigenvalue weighted by molar-refractivity contribution is 6.05. The molecule has 0 fully saturated rings. The third-order valence-electron chi connectivity index (χ3n) is 7.14. The van der Waals surface area contributed by atoms with Crippen LogP contribution in [0.25, 0.3) is 0 Å². The topological polar surface area (TPSA) is 47.1 Å². The van der Waals surface area contributed by atoms with Gasteiger partial charge in [-0.15, -0.1) is 0 Å². The zero-order valence-corrected chi connectivity index (χ0v) is 23.9. The molecule has 0 aliphatic carbocycles. The molecule has 0 bridgehead atoms. The van der Waals surface area contributed by atoms with Crippen LogP contribution in [-0.2, 0) is 13.1 Å². The highest BCUT2D eigenvalue weighted by atomic mass is 16.2. The van der Waals surface area contributed by atoms with Gasteiger partial charge >= 0.3 is 12.1 Å². The van der Waals surface area contributed by atoms with Crippen molar-refractivity contribution in [3.05, 3.63) is 157 Å². The fraction of sp³-hybridized carbons (Fsp3) is 0.111. The lowest BCUT2D eigenvalue weighted by Gasteiger charge is -2.30. The zero-order valence-electron chi connectivity index (χ0n) is 23.9. The van der Waals surface area contributed by atoms with Crippen LogP contribution < -0.4 is 19.6 Å². The van der Waals surface area contributed by atoms with Gasteiger partial charge in [-0.2, -0.15) is 0 Å². The summed E-state index contributed by atoms with van der Waals surface area (Å²) in [4.78, 5) is 34.6. The molecule has 0 radical (unpaired) electrons. The summed E-state index contributed by atoms with van der Waals surface area (Å²) in [5.41, 5.74) is 5.03. The van der Waals surface area contributed by atoms with Crippen LogP contribution in [0.1, 0.15) is 11.1 Å². The van der Waals surface area contributed by atoms with E-state index in [4.69, 9.17) is 0 Å². The number of carbonyl (C=O) groups is 2. The molecule has 0 aromatic heterocycles. The molecule has 0 heterocycles. The van der Waals surface area contributed by atoms with Crippen molar-refractivity contribution in [1.29, 1.82) is 0 Å². The number of urea groups is 2.